The van der Waals surface area contributed by atoms with Gasteiger partial charge >= 0.3 is 5.97 Å². The van der Waals surface area contributed by atoms with Crippen LogP contribution in [0.15, 0.2) is 36.7 Å². The van der Waals surface area contributed by atoms with E-state index in [9.17, 15) is 4.79 Å². The SMILES string of the molecule is CC(Nc1nc(Cl)nc2ccn(CC(=O)O)c12)c1ccccn1. The molecule has 0 amide bonds. The number of fused-ring (bicyclic) bond motifs is 1. The van der Waals surface area contributed by atoms with Gasteiger partial charge in [0.2, 0.25) is 5.28 Å². The van der Waals surface area contributed by atoms with Crippen LogP contribution >= 0.6 is 11.6 Å². The molecule has 0 saturated carbocycles. The Morgan fingerprint density at radius 2 is 2.22 bits per heavy atom. The van der Waals surface area contributed by atoms with Crippen molar-refractivity contribution in [2.75, 3.05) is 5.32 Å². The van der Waals surface area contributed by atoms with Crippen LogP contribution in [0.1, 0.15) is 18.7 Å². The number of carboxylic acids is 1. The second-order valence-electron chi connectivity index (χ2n) is 5.03. The number of nitrogens with zero attached hydrogens (tertiary/aromatic N) is 4. The lowest BCUT2D eigenvalue weighted by molar-refractivity contribution is -0.137. The molecule has 0 aliphatic carbocycles. The van der Waals surface area contributed by atoms with Gasteiger partial charge in [0.15, 0.2) is 5.82 Å². The van der Waals surface area contributed by atoms with Crippen molar-refractivity contribution in [2.24, 2.45) is 0 Å². The molecule has 1 unspecified atom stereocenters. The Bertz CT molecular complexity index is 850. The second-order valence-corrected chi connectivity index (χ2v) is 5.37. The highest BCUT2D eigenvalue weighted by molar-refractivity contribution is 6.28. The van der Waals surface area contributed by atoms with Crippen molar-refractivity contribution in [3.8, 4) is 0 Å². The highest BCUT2D eigenvalue weighted by Crippen LogP contribution is 2.26. The fourth-order valence-electron chi connectivity index (χ4n) is 2.37. The highest BCUT2D eigenvalue weighted by Gasteiger charge is 2.16. The number of aliphatic carboxylic acids is 1. The van der Waals surface area contributed by atoms with Gasteiger partial charge in [-0.1, -0.05) is 6.07 Å². The second kappa shape index (κ2) is 6.21. The summed E-state index contributed by atoms with van der Waals surface area (Å²) in [7, 11) is 0. The summed E-state index contributed by atoms with van der Waals surface area (Å²) in [5.74, 6) is -0.467. The van der Waals surface area contributed by atoms with Crippen LogP contribution < -0.4 is 5.32 Å². The molecule has 8 heteroatoms. The van der Waals surface area contributed by atoms with Crippen molar-refractivity contribution in [2.45, 2.75) is 19.5 Å². The van der Waals surface area contributed by atoms with Gasteiger partial charge in [0.25, 0.3) is 0 Å². The van der Waals surface area contributed by atoms with Crippen molar-refractivity contribution in [3.05, 3.63) is 47.6 Å². The zero-order valence-electron chi connectivity index (χ0n) is 12.3. The third-order valence-corrected chi connectivity index (χ3v) is 3.54. The number of hydrogen-bond acceptors (Lipinski definition) is 5. The summed E-state index contributed by atoms with van der Waals surface area (Å²) in [6.07, 6.45) is 3.36. The van der Waals surface area contributed by atoms with Crippen LogP contribution in [0.3, 0.4) is 0 Å². The Balaban J connectivity index is 2.01. The average molecular weight is 332 g/mol. The summed E-state index contributed by atoms with van der Waals surface area (Å²) in [6.45, 7) is 1.76. The molecular weight excluding hydrogens is 318 g/mol. The van der Waals surface area contributed by atoms with Crippen molar-refractivity contribution in [3.63, 3.8) is 0 Å². The normalized spacial score (nSPS) is 12.3. The first-order valence-corrected chi connectivity index (χ1v) is 7.34. The zero-order valence-corrected chi connectivity index (χ0v) is 13.0. The number of aromatic nitrogens is 4. The largest absolute Gasteiger partial charge is 0.480 e. The van der Waals surface area contributed by atoms with Crippen molar-refractivity contribution < 1.29 is 9.90 Å². The molecule has 0 aliphatic rings. The van der Waals surface area contributed by atoms with Gasteiger partial charge in [-0.15, -0.1) is 0 Å². The summed E-state index contributed by atoms with van der Waals surface area (Å²) >= 11 is 5.96. The first-order chi connectivity index (χ1) is 11.0. The van der Waals surface area contributed by atoms with Crippen molar-refractivity contribution in [1.82, 2.24) is 19.5 Å². The maximum Gasteiger partial charge on any atom is 0.323 e. The van der Waals surface area contributed by atoms with E-state index in [4.69, 9.17) is 16.7 Å². The summed E-state index contributed by atoms with van der Waals surface area (Å²) in [5.41, 5.74) is 2.02. The minimum atomic E-state index is -0.943. The molecule has 2 N–H and O–H groups in total. The molecule has 23 heavy (non-hydrogen) atoms. The third kappa shape index (κ3) is 3.24. The summed E-state index contributed by atoms with van der Waals surface area (Å²) in [4.78, 5) is 23.6. The van der Waals surface area contributed by atoms with Crippen LogP contribution in [0, 0.1) is 0 Å². The molecule has 118 valence electrons. The molecule has 0 aromatic carbocycles. The molecule has 0 saturated heterocycles. The van der Waals surface area contributed by atoms with Crippen molar-refractivity contribution >= 4 is 34.4 Å². The van der Waals surface area contributed by atoms with E-state index >= 15 is 0 Å². The van der Waals surface area contributed by atoms with E-state index in [1.165, 1.54) is 0 Å². The monoisotopic (exact) mass is 331 g/mol. The first-order valence-electron chi connectivity index (χ1n) is 6.96. The van der Waals surface area contributed by atoms with Crippen LogP contribution in [0.25, 0.3) is 11.0 Å². The van der Waals surface area contributed by atoms with Crippen LogP contribution in [-0.2, 0) is 11.3 Å². The van der Waals surface area contributed by atoms with Gasteiger partial charge in [-0.25, -0.2) is 4.98 Å². The van der Waals surface area contributed by atoms with Gasteiger partial charge in [-0.05, 0) is 36.7 Å². The first kappa shape index (κ1) is 15.2. The molecule has 1 atom stereocenters. The molecule has 3 aromatic heterocycles. The Morgan fingerprint density at radius 1 is 1.39 bits per heavy atom. The third-order valence-electron chi connectivity index (χ3n) is 3.37. The number of anilines is 1. The number of rotatable bonds is 5. The van der Waals surface area contributed by atoms with E-state index in [1.807, 2.05) is 25.1 Å². The smallest absolute Gasteiger partial charge is 0.323 e. The Labute approximate surface area is 137 Å². The lowest BCUT2D eigenvalue weighted by Crippen LogP contribution is -2.13. The average Bonchev–Trinajstić information content (AvgIpc) is 2.90. The maximum atomic E-state index is 11.0. The Morgan fingerprint density at radius 3 is 2.91 bits per heavy atom. The number of pyridine rings is 1. The molecule has 7 nitrogen and oxygen atoms in total. The van der Waals surface area contributed by atoms with Crippen LogP contribution in [-0.4, -0.2) is 30.6 Å². The van der Waals surface area contributed by atoms with Gasteiger partial charge in [0.1, 0.15) is 12.1 Å². The van der Waals surface area contributed by atoms with Gasteiger partial charge in [0.05, 0.1) is 17.3 Å². The molecule has 0 spiro atoms. The minimum absolute atomic E-state index is 0.0984. The van der Waals surface area contributed by atoms with Crippen LogP contribution in [0.2, 0.25) is 5.28 Å². The van der Waals surface area contributed by atoms with E-state index in [0.29, 0.717) is 16.9 Å². The maximum absolute atomic E-state index is 11.0. The fraction of sp³-hybridized carbons (Fsp3) is 0.200. The fourth-order valence-corrected chi connectivity index (χ4v) is 2.54. The van der Waals surface area contributed by atoms with E-state index in [0.717, 1.165) is 5.69 Å². The van der Waals surface area contributed by atoms with Gasteiger partial charge in [-0.3, -0.25) is 9.78 Å². The van der Waals surface area contributed by atoms with E-state index in [-0.39, 0.29) is 17.9 Å². The Kier molecular flexibility index (Phi) is 4.12. The van der Waals surface area contributed by atoms with Gasteiger partial charge in [0, 0.05) is 12.4 Å². The summed E-state index contributed by atoms with van der Waals surface area (Å²) in [5, 5.41) is 12.4. The van der Waals surface area contributed by atoms with Gasteiger partial charge < -0.3 is 15.0 Å². The van der Waals surface area contributed by atoms with Crippen LogP contribution in [0.5, 0.6) is 0 Å². The highest BCUT2D eigenvalue weighted by atomic mass is 35.5. The van der Waals surface area contributed by atoms with E-state index in [2.05, 4.69) is 20.3 Å². The summed E-state index contributed by atoms with van der Waals surface area (Å²) in [6, 6.07) is 7.22. The number of halogens is 1. The number of carbonyl (C=O) groups is 1. The molecule has 0 bridgehead atoms. The van der Waals surface area contributed by atoms with Gasteiger partial charge in [-0.2, -0.15) is 4.98 Å². The lowest BCUT2D eigenvalue weighted by atomic mass is 10.2. The topological polar surface area (TPSA) is 92.9 Å². The predicted molar refractivity (Wildman–Crippen MR) is 86.4 cm³/mol. The molecule has 3 heterocycles. The van der Waals surface area contributed by atoms with Crippen molar-refractivity contribution in [1.29, 1.82) is 0 Å². The van der Waals surface area contributed by atoms with Crippen LogP contribution in [0.4, 0.5) is 5.82 Å². The Hall–Kier alpha value is -2.67. The predicted octanol–water partition coefficient (Wildman–Crippen LogP) is 2.74. The zero-order chi connectivity index (χ0) is 16.4. The quantitative estimate of drug-likeness (QED) is 0.698. The standard InChI is InChI=1S/C15H14ClN5O2/c1-9(10-4-2-3-6-17-10)18-14-13-11(19-15(16)20-14)5-7-21(13)8-12(22)23/h2-7,9H,8H2,1H3,(H,22,23)(H,18,19,20). The van der Waals surface area contributed by atoms with E-state index in [1.54, 1.807) is 23.0 Å². The number of carboxylic acid groups (broad SMARTS) is 1. The molecule has 3 rings (SSSR count). The molecule has 0 radical (unpaired) electrons. The minimum Gasteiger partial charge on any atom is -0.480 e. The number of nitrogens with one attached hydrogen (secondary N) is 1. The summed E-state index contributed by atoms with van der Waals surface area (Å²) < 4.78 is 1.57. The molecule has 0 aliphatic heterocycles. The molecule has 3 aromatic rings. The molecule has 0 fully saturated rings. The lowest BCUT2D eigenvalue weighted by Gasteiger charge is -2.15. The molecular formula is C15H14ClN5O2. The number of hydrogen-bond donors (Lipinski definition) is 2. The van der Waals surface area contributed by atoms with E-state index < -0.39 is 5.97 Å².